The minimum Gasteiger partial charge on any atom is -0.490 e. The molecule has 1 saturated heterocycles. The van der Waals surface area contributed by atoms with E-state index >= 15 is 0 Å². The number of nitrogens with zero attached hydrogens (tertiary/aromatic N) is 1. The van der Waals surface area contributed by atoms with Crippen LogP contribution in [0.1, 0.15) is 5.56 Å². The zero-order chi connectivity index (χ0) is 9.97. The lowest BCUT2D eigenvalue weighted by Gasteiger charge is -2.09. The highest BCUT2D eigenvalue weighted by atomic mass is 16.5. The van der Waals surface area contributed by atoms with Crippen molar-refractivity contribution in [3.05, 3.63) is 23.8 Å². The van der Waals surface area contributed by atoms with Crippen LogP contribution in [0.4, 0.5) is 5.69 Å². The Bertz CT molecular complexity index is 321. The Kier molecular flexibility index (Phi) is 2.59. The van der Waals surface area contributed by atoms with Gasteiger partial charge in [0, 0.05) is 19.6 Å². The smallest absolute Gasteiger partial charge is 0.142 e. The molecule has 1 aromatic carbocycles. The van der Waals surface area contributed by atoms with Gasteiger partial charge in [0.1, 0.15) is 12.4 Å². The molecule has 1 fully saturated rings. The molecule has 0 unspecified atom stereocenters. The minimum atomic E-state index is 0.729. The number of rotatable bonds is 4. The molecule has 1 heterocycles. The Morgan fingerprint density at radius 2 is 2.21 bits per heavy atom. The lowest BCUT2D eigenvalue weighted by molar-refractivity contribution is 0.293. The van der Waals surface area contributed by atoms with Crippen molar-refractivity contribution in [3.63, 3.8) is 0 Å². The van der Waals surface area contributed by atoms with Crippen LogP contribution in [-0.4, -0.2) is 31.1 Å². The van der Waals surface area contributed by atoms with Crippen LogP contribution in [-0.2, 0) is 0 Å². The molecule has 0 aliphatic carbocycles. The average Bonchev–Trinajstić information content (AvgIpc) is 2.92. The molecule has 0 amide bonds. The van der Waals surface area contributed by atoms with Crippen LogP contribution >= 0.6 is 0 Å². The summed E-state index contributed by atoms with van der Waals surface area (Å²) in [4.78, 5) is 2.32. The number of anilines is 1. The number of ether oxygens (including phenoxy) is 1. The molecule has 1 aliphatic rings. The molecule has 1 aromatic rings. The van der Waals surface area contributed by atoms with Gasteiger partial charge in [-0.05, 0) is 24.6 Å². The van der Waals surface area contributed by atoms with Crippen molar-refractivity contribution in [3.8, 4) is 5.75 Å². The quantitative estimate of drug-likeness (QED) is 0.576. The van der Waals surface area contributed by atoms with E-state index in [0.717, 1.165) is 24.6 Å². The number of benzene rings is 1. The lowest BCUT2D eigenvalue weighted by atomic mass is 10.2. The first-order chi connectivity index (χ1) is 6.75. The SMILES string of the molecule is Cc1ccc(OCCN2CC2)c(N)c1. The Morgan fingerprint density at radius 1 is 1.43 bits per heavy atom. The van der Waals surface area contributed by atoms with Crippen LogP contribution in [0.5, 0.6) is 5.75 Å². The van der Waals surface area contributed by atoms with Crippen molar-refractivity contribution in [1.29, 1.82) is 0 Å². The van der Waals surface area contributed by atoms with Gasteiger partial charge in [0.2, 0.25) is 0 Å². The standard InChI is InChI=1S/C11H16N2O/c1-9-2-3-11(10(12)8-9)14-7-6-13-4-5-13/h2-3,8H,4-7,12H2,1H3. The summed E-state index contributed by atoms with van der Waals surface area (Å²) in [6, 6.07) is 5.89. The van der Waals surface area contributed by atoms with E-state index in [4.69, 9.17) is 10.5 Å². The summed E-state index contributed by atoms with van der Waals surface area (Å²) < 4.78 is 5.58. The fraction of sp³-hybridized carbons (Fsp3) is 0.455. The molecule has 0 spiro atoms. The fourth-order valence-corrected chi connectivity index (χ4v) is 1.38. The fourth-order valence-electron chi connectivity index (χ4n) is 1.38. The van der Waals surface area contributed by atoms with Gasteiger partial charge in [0.15, 0.2) is 0 Å². The third kappa shape index (κ3) is 2.39. The first kappa shape index (κ1) is 9.34. The summed E-state index contributed by atoms with van der Waals surface area (Å²) in [5.41, 5.74) is 7.71. The van der Waals surface area contributed by atoms with Crippen LogP contribution in [0.2, 0.25) is 0 Å². The van der Waals surface area contributed by atoms with Gasteiger partial charge >= 0.3 is 0 Å². The highest BCUT2D eigenvalue weighted by molar-refractivity contribution is 5.53. The van der Waals surface area contributed by atoms with Gasteiger partial charge in [0.05, 0.1) is 5.69 Å². The number of nitrogens with two attached hydrogens (primary N) is 1. The van der Waals surface area contributed by atoms with E-state index < -0.39 is 0 Å². The largest absolute Gasteiger partial charge is 0.490 e. The molecule has 0 radical (unpaired) electrons. The number of hydrogen-bond acceptors (Lipinski definition) is 3. The van der Waals surface area contributed by atoms with E-state index in [2.05, 4.69) is 4.90 Å². The predicted molar refractivity (Wildman–Crippen MR) is 57.5 cm³/mol. The summed E-state index contributed by atoms with van der Waals surface area (Å²) in [7, 11) is 0. The second-order valence-corrected chi connectivity index (χ2v) is 3.73. The molecule has 3 nitrogen and oxygen atoms in total. The van der Waals surface area contributed by atoms with Crippen LogP contribution in [0.25, 0.3) is 0 Å². The molecule has 2 N–H and O–H groups in total. The first-order valence-electron chi connectivity index (χ1n) is 4.97. The third-order valence-electron chi connectivity index (χ3n) is 2.37. The van der Waals surface area contributed by atoms with Crippen molar-refractivity contribution >= 4 is 5.69 Å². The predicted octanol–water partition coefficient (Wildman–Crippen LogP) is 1.27. The van der Waals surface area contributed by atoms with E-state index in [1.54, 1.807) is 0 Å². The Labute approximate surface area is 84.5 Å². The molecule has 3 heteroatoms. The maximum atomic E-state index is 5.82. The average molecular weight is 192 g/mol. The molecule has 14 heavy (non-hydrogen) atoms. The number of hydrogen-bond donors (Lipinski definition) is 1. The lowest BCUT2D eigenvalue weighted by Crippen LogP contribution is -2.11. The first-order valence-corrected chi connectivity index (χ1v) is 4.97. The second-order valence-electron chi connectivity index (χ2n) is 3.73. The molecule has 76 valence electrons. The topological polar surface area (TPSA) is 38.3 Å². The van der Waals surface area contributed by atoms with Gasteiger partial charge in [-0.1, -0.05) is 6.07 Å². The monoisotopic (exact) mass is 192 g/mol. The molecule has 0 atom stereocenters. The van der Waals surface area contributed by atoms with E-state index in [-0.39, 0.29) is 0 Å². The summed E-state index contributed by atoms with van der Waals surface area (Å²) in [5, 5.41) is 0. The van der Waals surface area contributed by atoms with Gasteiger partial charge < -0.3 is 10.5 Å². The minimum absolute atomic E-state index is 0.729. The van der Waals surface area contributed by atoms with Crippen LogP contribution in [0, 0.1) is 6.92 Å². The van der Waals surface area contributed by atoms with Gasteiger partial charge in [0.25, 0.3) is 0 Å². The third-order valence-corrected chi connectivity index (χ3v) is 2.37. The zero-order valence-corrected chi connectivity index (χ0v) is 8.49. The van der Waals surface area contributed by atoms with Crippen molar-refractivity contribution < 1.29 is 4.74 Å². The van der Waals surface area contributed by atoms with Crippen molar-refractivity contribution in [2.45, 2.75) is 6.92 Å². The molecule has 1 aliphatic heterocycles. The van der Waals surface area contributed by atoms with Crippen molar-refractivity contribution in [2.75, 3.05) is 32.0 Å². The van der Waals surface area contributed by atoms with Gasteiger partial charge in [-0.2, -0.15) is 0 Å². The van der Waals surface area contributed by atoms with E-state index in [9.17, 15) is 0 Å². The Morgan fingerprint density at radius 3 is 2.86 bits per heavy atom. The summed E-state index contributed by atoms with van der Waals surface area (Å²) in [6.07, 6.45) is 0. The zero-order valence-electron chi connectivity index (χ0n) is 8.49. The number of aryl methyl sites for hydroxylation is 1. The van der Waals surface area contributed by atoms with Gasteiger partial charge in [-0.3, -0.25) is 4.90 Å². The molecular weight excluding hydrogens is 176 g/mol. The van der Waals surface area contributed by atoms with E-state index in [1.165, 1.54) is 18.7 Å². The summed E-state index contributed by atoms with van der Waals surface area (Å²) in [5.74, 6) is 0.803. The van der Waals surface area contributed by atoms with Crippen molar-refractivity contribution in [2.24, 2.45) is 0 Å². The van der Waals surface area contributed by atoms with Crippen LogP contribution in [0.15, 0.2) is 18.2 Å². The summed E-state index contributed by atoms with van der Waals surface area (Å²) in [6.45, 7) is 6.19. The highest BCUT2D eigenvalue weighted by Gasteiger charge is 2.16. The molecule has 0 bridgehead atoms. The van der Waals surface area contributed by atoms with E-state index in [1.807, 2.05) is 25.1 Å². The molecular formula is C11H16N2O. The van der Waals surface area contributed by atoms with E-state index in [0.29, 0.717) is 0 Å². The molecule has 2 rings (SSSR count). The normalized spacial score (nSPS) is 15.5. The molecule has 0 aromatic heterocycles. The summed E-state index contributed by atoms with van der Waals surface area (Å²) >= 11 is 0. The van der Waals surface area contributed by atoms with Gasteiger partial charge in [-0.15, -0.1) is 0 Å². The van der Waals surface area contributed by atoms with Crippen LogP contribution < -0.4 is 10.5 Å². The van der Waals surface area contributed by atoms with Crippen molar-refractivity contribution in [1.82, 2.24) is 4.90 Å². The Hall–Kier alpha value is -1.22. The molecule has 0 saturated carbocycles. The maximum absolute atomic E-state index is 5.82. The number of nitrogen functional groups attached to an aromatic ring is 1. The van der Waals surface area contributed by atoms with Crippen LogP contribution in [0.3, 0.4) is 0 Å². The second kappa shape index (κ2) is 3.88. The highest BCUT2D eigenvalue weighted by Crippen LogP contribution is 2.22. The van der Waals surface area contributed by atoms with Gasteiger partial charge in [-0.25, -0.2) is 0 Å². The Balaban J connectivity index is 1.87. The maximum Gasteiger partial charge on any atom is 0.142 e.